The number of esters is 1. The predicted octanol–water partition coefficient (Wildman–Crippen LogP) is 3.12. The Morgan fingerprint density at radius 3 is 2.38 bits per heavy atom. The third-order valence-electron chi connectivity index (χ3n) is 2.76. The normalized spacial score (nSPS) is 12.2. The minimum Gasteiger partial charge on any atom is -0.465 e. The number of hydrogen-bond acceptors (Lipinski definition) is 3. The van der Waals surface area contributed by atoms with Crippen molar-refractivity contribution in [3.63, 3.8) is 0 Å². The molecular formula is C13H24O3. The molecule has 1 unspecified atom stereocenters. The van der Waals surface area contributed by atoms with Crippen LogP contribution in [0.25, 0.3) is 0 Å². The Morgan fingerprint density at radius 2 is 1.88 bits per heavy atom. The fourth-order valence-corrected chi connectivity index (χ4v) is 1.45. The number of Topliss-reactive ketones (excluding diaryl/α,β-unsaturated/α-hetero) is 1. The Balaban J connectivity index is 3.74. The number of rotatable bonds is 9. The number of hydrogen-bond donors (Lipinski definition) is 0. The molecule has 0 saturated carbocycles. The van der Waals surface area contributed by atoms with E-state index < -0.39 is 0 Å². The minimum absolute atomic E-state index is 0.0494. The van der Waals surface area contributed by atoms with E-state index in [1.807, 2.05) is 0 Å². The maximum absolute atomic E-state index is 11.3. The molecule has 94 valence electrons. The van der Waals surface area contributed by atoms with Gasteiger partial charge in [-0.3, -0.25) is 9.59 Å². The fourth-order valence-electron chi connectivity index (χ4n) is 1.45. The van der Waals surface area contributed by atoms with Gasteiger partial charge in [0.2, 0.25) is 0 Å². The van der Waals surface area contributed by atoms with Crippen molar-refractivity contribution in [2.45, 2.75) is 59.3 Å². The molecule has 0 heterocycles. The average molecular weight is 228 g/mol. The number of ether oxygens (including phenoxy) is 1. The molecule has 0 spiro atoms. The molecule has 0 radical (unpaired) electrons. The second-order valence-electron chi connectivity index (χ2n) is 4.17. The molecule has 0 aromatic carbocycles. The number of carbonyl (C=O) groups is 2. The summed E-state index contributed by atoms with van der Waals surface area (Å²) >= 11 is 0. The minimum atomic E-state index is -0.373. The quantitative estimate of drug-likeness (QED) is 0.450. The van der Waals surface area contributed by atoms with Crippen LogP contribution >= 0.6 is 0 Å². The SMILES string of the molecule is CCCCC(CC)COC(=O)CC(=O)CC. The van der Waals surface area contributed by atoms with E-state index in [9.17, 15) is 9.59 Å². The number of ketones is 1. The van der Waals surface area contributed by atoms with Crippen LogP contribution in [-0.2, 0) is 14.3 Å². The molecule has 0 amide bonds. The molecule has 3 heteroatoms. The summed E-state index contributed by atoms with van der Waals surface area (Å²) in [7, 11) is 0. The van der Waals surface area contributed by atoms with Gasteiger partial charge in [-0.15, -0.1) is 0 Å². The van der Waals surface area contributed by atoms with E-state index in [1.54, 1.807) is 6.92 Å². The van der Waals surface area contributed by atoms with E-state index in [1.165, 1.54) is 12.8 Å². The molecular weight excluding hydrogens is 204 g/mol. The molecule has 0 aromatic rings. The van der Waals surface area contributed by atoms with E-state index in [-0.39, 0.29) is 18.2 Å². The third kappa shape index (κ3) is 7.43. The molecule has 0 aliphatic rings. The molecule has 0 aliphatic heterocycles. The Hall–Kier alpha value is -0.860. The van der Waals surface area contributed by atoms with E-state index in [2.05, 4.69) is 13.8 Å². The van der Waals surface area contributed by atoms with Gasteiger partial charge in [0.15, 0.2) is 0 Å². The van der Waals surface area contributed by atoms with Gasteiger partial charge >= 0.3 is 5.97 Å². The van der Waals surface area contributed by atoms with Crippen LogP contribution in [0.3, 0.4) is 0 Å². The Labute approximate surface area is 98.6 Å². The summed E-state index contributed by atoms with van der Waals surface area (Å²) in [5.41, 5.74) is 0. The van der Waals surface area contributed by atoms with Crippen LogP contribution in [0.1, 0.15) is 59.3 Å². The van der Waals surface area contributed by atoms with E-state index >= 15 is 0 Å². The second kappa shape index (κ2) is 9.37. The van der Waals surface area contributed by atoms with Crippen LogP contribution in [-0.4, -0.2) is 18.4 Å². The zero-order chi connectivity index (χ0) is 12.4. The van der Waals surface area contributed by atoms with Crippen molar-refractivity contribution in [1.82, 2.24) is 0 Å². The smallest absolute Gasteiger partial charge is 0.313 e. The van der Waals surface area contributed by atoms with Crippen LogP contribution in [0.15, 0.2) is 0 Å². The lowest BCUT2D eigenvalue weighted by atomic mass is 10.0. The fraction of sp³-hybridized carbons (Fsp3) is 0.846. The monoisotopic (exact) mass is 228 g/mol. The summed E-state index contributed by atoms with van der Waals surface area (Å²) in [4.78, 5) is 22.3. The predicted molar refractivity (Wildman–Crippen MR) is 64.2 cm³/mol. The Bertz CT molecular complexity index is 211. The third-order valence-corrected chi connectivity index (χ3v) is 2.76. The molecule has 3 nitrogen and oxygen atoms in total. The van der Waals surface area contributed by atoms with Crippen molar-refractivity contribution >= 4 is 11.8 Å². The number of carbonyl (C=O) groups excluding carboxylic acids is 2. The lowest BCUT2D eigenvalue weighted by Crippen LogP contribution is -2.16. The van der Waals surface area contributed by atoms with Crippen LogP contribution in [0.4, 0.5) is 0 Å². The summed E-state index contributed by atoms with van der Waals surface area (Å²) in [6.07, 6.45) is 4.79. The highest BCUT2D eigenvalue weighted by atomic mass is 16.5. The van der Waals surface area contributed by atoms with Crippen LogP contribution in [0, 0.1) is 5.92 Å². The second-order valence-corrected chi connectivity index (χ2v) is 4.17. The first-order chi connectivity index (χ1) is 7.63. The molecule has 0 N–H and O–H groups in total. The lowest BCUT2D eigenvalue weighted by Gasteiger charge is -2.14. The zero-order valence-electron chi connectivity index (χ0n) is 10.8. The zero-order valence-corrected chi connectivity index (χ0v) is 10.8. The summed E-state index contributed by atoms with van der Waals surface area (Å²) in [6.45, 7) is 6.47. The highest BCUT2D eigenvalue weighted by molar-refractivity contribution is 5.95. The summed E-state index contributed by atoms with van der Waals surface area (Å²) in [5.74, 6) is 0.0223. The van der Waals surface area contributed by atoms with Crippen molar-refractivity contribution < 1.29 is 14.3 Å². The van der Waals surface area contributed by atoms with Crippen molar-refractivity contribution in [3.05, 3.63) is 0 Å². The lowest BCUT2D eigenvalue weighted by molar-refractivity contribution is -0.147. The van der Waals surface area contributed by atoms with Gasteiger partial charge in [-0.2, -0.15) is 0 Å². The molecule has 0 aliphatic carbocycles. The number of unbranched alkanes of at least 4 members (excludes halogenated alkanes) is 1. The molecule has 16 heavy (non-hydrogen) atoms. The van der Waals surface area contributed by atoms with Crippen molar-refractivity contribution in [1.29, 1.82) is 0 Å². The maximum Gasteiger partial charge on any atom is 0.313 e. The summed E-state index contributed by atoms with van der Waals surface area (Å²) in [5, 5.41) is 0. The van der Waals surface area contributed by atoms with E-state index in [0.29, 0.717) is 18.9 Å². The highest BCUT2D eigenvalue weighted by Crippen LogP contribution is 2.13. The van der Waals surface area contributed by atoms with Gasteiger partial charge in [-0.05, 0) is 12.3 Å². The van der Waals surface area contributed by atoms with Crippen LogP contribution in [0.5, 0.6) is 0 Å². The van der Waals surface area contributed by atoms with Gasteiger partial charge in [0.1, 0.15) is 12.2 Å². The van der Waals surface area contributed by atoms with Gasteiger partial charge in [0.05, 0.1) is 6.61 Å². The first-order valence-corrected chi connectivity index (χ1v) is 6.31. The molecule has 0 saturated heterocycles. The first kappa shape index (κ1) is 15.1. The first-order valence-electron chi connectivity index (χ1n) is 6.31. The van der Waals surface area contributed by atoms with Crippen LogP contribution in [0.2, 0.25) is 0 Å². The van der Waals surface area contributed by atoms with Crippen molar-refractivity contribution in [3.8, 4) is 0 Å². The molecule has 0 fully saturated rings. The topological polar surface area (TPSA) is 43.4 Å². The van der Waals surface area contributed by atoms with Crippen LogP contribution < -0.4 is 0 Å². The molecule has 0 aromatic heterocycles. The van der Waals surface area contributed by atoms with Gasteiger partial charge in [-0.25, -0.2) is 0 Å². The Kier molecular flexibility index (Phi) is 8.87. The largest absolute Gasteiger partial charge is 0.465 e. The molecule has 1 atom stereocenters. The molecule has 0 bridgehead atoms. The van der Waals surface area contributed by atoms with Crippen molar-refractivity contribution in [2.75, 3.05) is 6.61 Å². The average Bonchev–Trinajstić information content (AvgIpc) is 2.29. The van der Waals surface area contributed by atoms with Crippen molar-refractivity contribution in [2.24, 2.45) is 5.92 Å². The summed E-state index contributed by atoms with van der Waals surface area (Å²) in [6, 6.07) is 0. The van der Waals surface area contributed by atoms with E-state index in [0.717, 1.165) is 12.8 Å². The van der Waals surface area contributed by atoms with Gasteiger partial charge < -0.3 is 4.74 Å². The van der Waals surface area contributed by atoms with Gasteiger partial charge in [-0.1, -0.05) is 40.0 Å². The van der Waals surface area contributed by atoms with Gasteiger partial charge in [0.25, 0.3) is 0 Å². The summed E-state index contributed by atoms with van der Waals surface area (Å²) < 4.78 is 5.10. The maximum atomic E-state index is 11.3. The Morgan fingerprint density at radius 1 is 1.19 bits per heavy atom. The molecule has 0 rings (SSSR count). The highest BCUT2D eigenvalue weighted by Gasteiger charge is 2.12. The van der Waals surface area contributed by atoms with E-state index in [4.69, 9.17) is 4.74 Å². The standard InChI is InChI=1S/C13H24O3/c1-4-7-8-11(5-2)10-16-13(15)9-12(14)6-3/h11H,4-10H2,1-3H3. The van der Waals surface area contributed by atoms with Gasteiger partial charge in [0, 0.05) is 6.42 Å².